The Morgan fingerprint density at radius 1 is 1.62 bits per heavy atom. The molecule has 0 heterocycles. The fourth-order valence-corrected chi connectivity index (χ4v) is 0.779. The molecule has 1 atom stereocenters. The van der Waals surface area contributed by atoms with E-state index in [0.29, 0.717) is 4.09 Å². The van der Waals surface area contributed by atoms with Crippen molar-refractivity contribution in [1.29, 1.82) is 0 Å². The van der Waals surface area contributed by atoms with Gasteiger partial charge in [-0.1, -0.05) is 0 Å². The zero-order chi connectivity index (χ0) is 6.20. The quantitative estimate of drug-likeness (QED) is 0.407. The molecule has 1 aliphatic carbocycles. The summed E-state index contributed by atoms with van der Waals surface area (Å²) in [6, 6.07) is 0. The van der Waals surface area contributed by atoms with Gasteiger partial charge in [-0.05, 0) is 0 Å². The van der Waals surface area contributed by atoms with Crippen LogP contribution in [-0.2, 0) is 0 Å². The standard InChI is InChI=1S/C7H9.Li/c1-6-4-3-5-7(6)2;/h3-5H,1-2H3;. The molecule has 0 aliphatic heterocycles. The minimum atomic E-state index is 0.333. The Morgan fingerprint density at radius 2 is 2.25 bits per heavy atom. The third kappa shape index (κ3) is 0.916. The van der Waals surface area contributed by atoms with Crippen molar-refractivity contribution in [2.45, 2.75) is 17.9 Å². The van der Waals surface area contributed by atoms with Gasteiger partial charge in [-0.2, -0.15) is 0 Å². The Balaban J connectivity index is 2.87. The molecule has 0 spiro atoms. The van der Waals surface area contributed by atoms with Crippen LogP contribution >= 0.6 is 0 Å². The van der Waals surface area contributed by atoms with Crippen molar-refractivity contribution in [3.05, 3.63) is 23.8 Å². The van der Waals surface area contributed by atoms with Gasteiger partial charge in [0.1, 0.15) is 0 Å². The maximum atomic E-state index is 2.22. The van der Waals surface area contributed by atoms with E-state index in [2.05, 4.69) is 49.8 Å². The van der Waals surface area contributed by atoms with E-state index in [1.165, 1.54) is 5.57 Å². The molecule has 0 aromatic carbocycles. The average Bonchev–Trinajstić information content (AvgIpc) is 1.86. The van der Waals surface area contributed by atoms with E-state index in [1.807, 2.05) is 0 Å². The van der Waals surface area contributed by atoms with Crippen LogP contribution in [0.3, 0.4) is 0 Å². The monoisotopic (exact) mass is 100 g/mol. The number of rotatable bonds is 0. The molecule has 0 fully saturated rings. The molecule has 0 saturated carbocycles. The van der Waals surface area contributed by atoms with Crippen LogP contribution in [0.15, 0.2) is 23.8 Å². The van der Waals surface area contributed by atoms with Crippen LogP contribution in [-0.4, -0.2) is 17.7 Å². The molecule has 0 N–H and O–H groups in total. The molecule has 38 valence electrons. The summed E-state index contributed by atoms with van der Waals surface area (Å²) in [5, 5.41) is 0. The molecule has 1 unspecified atom stereocenters. The van der Waals surface area contributed by atoms with E-state index in [-0.39, 0.29) is 0 Å². The summed E-state index contributed by atoms with van der Waals surface area (Å²) >= 11 is 2.22. The molecule has 0 radical (unpaired) electrons. The summed E-state index contributed by atoms with van der Waals surface area (Å²) in [5.74, 6) is 0. The third-order valence-electron chi connectivity index (χ3n) is 1.88. The van der Waals surface area contributed by atoms with Crippen LogP contribution in [0.2, 0.25) is 4.09 Å². The Hall–Kier alpha value is 0.0774. The average molecular weight is 100 g/mol. The van der Waals surface area contributed by atoms with Crippen LogP contribution in [0, 0.1) is 0 Å². The number of allylic oxidation sites excluding steroid dienone is 4. The second kappa shape index (κ2) is 1.79. The second-order valence-electron chi connectivity index (χ2n) is 2.93. The molecule has 0 bridgehead atoms. The van der Waals surface area contributed by atoms with E-state index in [4.69, 9.17) is 0 Å². The van der Waals surface area contributed by atoms with E-state index >= 15 is 0 Å². The summed E-state index contributed by atoms with van der Waals surface area (Å²) in [6.07, 6.45) is 6.51. The Labute approximate surface area is 59.9 Å². The summed E-state index contributed by atoms with van der Waals surface area (Å²) < 4.78 is 0.333. The first kappa shape index (κ1) is 6.20. The van der Waals surface area contributed by atoms with Crippen LogP contribution in [0.25, 0.3) is 0 Å². The Bertz CT molecular complexity index is 152. The molecule has 1 heteroatoms. The normalized spacial score (nSPS) is 35.8. The van der Waals surface area contributed by atoms with Gasteiger partial charge < -0.3 is 0 Å². The minimum absolute atomic E-state index is 0.333. The Morgan fingerprint density at radius 3 is 2.38 bits per heavy atom. The SMILES string of the molecule is [Li][C]1(C)C=CC=C1C. The first-order valence-electron chi connectivity index (χ1n) is 2.99. The predicted molar refractivity (Wildman–Crippen MR) is 37.0 cm³/mol. The first-order chi connectivity index (χ1) is 3.63. The van der Waals surface area contributed by atoms with E-state index < -0.39 is 0 Å². The summed E-state index contributed by atoms with van der Waals surface area (Å²) in [6.45, 7) is 4.39. The van der Waals surface area contributed by atoms with Crippen molar-refractivity contribution in [1.82, 2.24) is 0 Å². The molecule has 8 heavy (non-hydrogen) atoms. The van der Waals surface area contributed by atoms with Crippen molar-refractivity contribution in [2.24, 2.45) is 0 Å². The third-order valence-corrected chi connectivity index (χ3v) is 1.88. The van der Waals surface area contributed by atoms with Crippen molar-refractivity contribution in [3.63, 3.8) is 0 Å². The second-order valence-corrected chi connectivity index (χ2v) is 2.93. The van der Waals surface area contributed by atoms with Gasteiger partial charge in [0.2, 0.25) is 0 Å². The predicted octanol–water partition coefficient (Wildman–Crippen LogP) is 1.85. The maximum absolute atomic E-state index is 2.22. The summed E-state index contributed by atoms with van der Waals surface area (Å²) in [7, 11) is 0. The van der Waals surface area contributed by atoms with Crippen molar-refractivity contribution < 1.29 is 0 Å². The van der Waals surface area contributed by atoms with Crippen LogP contribution in [0.5, 0.6) is 0 Å². The van der Waals surface area contributed by atoms with Gasteiger partial charge in [-0.25, -0.2) is 0 Å². The van der Waals surface area contributed by atoms with Gasteiger partial charge in [0.25, 0.3) is 0 Å². The molecular weight excluding hydrogens is 91.0 g/mol. The molecule has 0 nitrogen and oxygen atoms in total. The van der Waals surface area contributed by atoms with E-state index in [0.717, 1.165) is 0 Å². The summed E-state index contributed by atoms with van der Waals surface area (Å²) in [4.78, 5) is 0. The molecule has 1 rings (SSSR count). The Kier molecular flexibility index (Phi) is 1.39. The van der Waals surface area contributed by atoms with Gasteiger partial charge in [0, 0.05) is 0 Å². The van der Waals surface area contributed by atoms with Crippen LogP contribution in [0.4, 0.5) is 0 Å². The van der Waals surface area contributed by atoms with Crippen molar-refractivity contribution in [3.8, 4) is 0 Å². The molecule has 0 aromatic rings. The van der Waals surface area contributed by atoms with Gasteiger partial charge in [-0.3, -0.25) is 0 Å². The zero-order valence-corrected chi connectivity index (χ0v) is 5.73. The summed E-state index contributed by atoms with van der Waals surface area (Å²) in [5.41, 5.74) is 1.46. The molecular formula is C7H9Li. The van der Waals surface area contributed by atoms with Gasteiger partial charge in [0.15, 0.2) is 0 Å². The number of hydrogen-bond donors (Lipinski definition) is 0. The van der Waals surface area contributed by atoms with Crippen LogP contribution in [0.1, 0.15) is 13.8 Å². The molecule has 0 aromatic heterocycles. The van der Waals surface area contributed by atoms with E-state index in [1.54, 1.807) is 0 Å². The molecule has 1 aliphatic rings. The first-order valence-corrected chi connectivity index (χ1v) is 2.99. The zero-order valence-electron chi connectivity index (χ0n) is 5.73. The molecule has 0 amide bonds. The molecule has 0 saturated heterocycles. The van der Waals surface area contributed by atoms with Gasteiger partial charge in [0.05, 0.1) is 0 Å². The van der Waals surface area contributed by atoms with Gasteiger partial charge in [-0.15, -0.1) is 0 Å². The number of hydrogen-bond acceptors (Lipinski definition) is 0. The van der Waals surface area contributed by atoms with E-state index in [9.17, 15) is 0 Å². The fourth-order valence-electron chi connectivity index (χ4n) is 0.779. The van der Waals surface area contributed by atoms with Gasteiger partial charge >= 0.3 is 59.5 Å². The van der Waals surface area contributed by atoms with Crippen LogP contribution < -0.4 is 0 Å². The van der Waals surface area contributed by atoms with Crippen molar-refractivity contribution in [2.75, 3.05) is 0 Å². The van der Waals surface area contributed by atoms with Crippen molar-refractivity contribution >= 4 is 17.7 Å². The fraction of sp³-hybridized carbons (Fsp3) is 0.429. The topological polar surface area (TPSA) is 0 Å².